The van der Waals surface area contributed by atoms with Gasteiger partial charge in [0.2, 0.25) is 0 Å². The molecular weight excluding hydrogens is 238 g/mol. The van der Waals surface area contributed by atoms with Gasteiger partial charge in [0, 0.05) is 31.5 Å². The predicted molar refractivity (Wildman–Crippen MR) is 74.9 cm³/mol. The molecule has 4 nitrogen and oxygen atoms in total. The number of aromatic nitrogens is 1. The summed E-state index contributed by atoms with van der Waals surface area (Å²) in [6, 6.07) is 8.79. The van der Waals surface area contributed by atoms with E-state index in [1.54, 1.807) is 6.26 Å². The number of hydrogen-bond acceptors (Lipinski definition) is 4. The van der Waals surface area contributed by atoms with Gasteiger partial charge in [0.15, 0.2) is 0 Å². The number of hydrogen-bond donors (Lipinski definition) is 1. The van der Waals surface area contributed by atoms with Crippen molar-refractivity contribution in [2.45, 2.75) is 32.0 Å². The van der Waals surface area contributed by atoms with Crippen molar-refractivity contribution < 1.29 is 4.42 Å². The fourth-order valence-corrected chi connectivity index (χ4v) is 2.06. The van der Waals surface area contributed by atoms with E-state index in [0.29, 0.717) is 6.04 Å². The van der Waals surface area contributed by atoms with Crippen LogP contribution >= 0.6 is 0 Å². The number of nitrogens with zero attached hydrogens (tertiary/aromatic N) is 2. The van der Waals surface area contributed by atoms with Crippen LogP contribution in [0.1, 0.15) is 24.3 Å². The van der Waals surface area contributed by atoms with Gasteiger partial charge in [-0.25, -0.2) is 0 Å². The van der Waals surface area contributed by atoms with Crippen LogP contribution in [-0.4, -0.2) is 18.1 Å². The van der Waals surface area contributed by atoms with Gasteiger partial charge >= 0.3 is 0 Å². The molecule has 0 atom stereocenters. The molecule has 0 radical (unpaired) electrons. The molecule has 2 aromatic rings. The third-order valence-corrected chi connectivity index (χ3v) is 3.36. The SMILES string of the molecule is CN(Cc1ccco1)c1ccnc(CNC2CC2)c1. The van der Waals surface area contributed by atoms with Crippen LogP contribution in [0.2, 0.25) is 0 Å². The van der Waals surface area contributed by atoms with E-state index in [2.05, 4.69) is 28.3 Å². The van der Waals surface area contributed by atoms with Gasteiger partial charge in [-0.05, 0) is 37.1 Å². The van der Waals surface area contributed by atoms with E-state index in [1.807, 2.05) is 24.4 Å². The molecule has 100 valence electrons. The maximum Gasteiger partial charge on any atom is 0.123 e. The van der Waals surface area contributed by atoms with Gasteiger partial charge in [-0.1, -0.05) is 0 Å². The monoisotopic (exact) mass is 257 g/mol. The summed E-state index contributed by atoms with van der Waals surface area (Å²) in [7, 11) is 2.07. The minimum atomic E-state index is 0.714. The van der Waals surface area contributed by atoms with Gasteiger partial charge in [0.05, 0.1) is 18.5 Å². The second kappa shape index (κ2) is 5.45. The van der Waals surface area contributed by atoms with Crippen molar-refractivity contribution >= 4 is 5.69 Å². The number of furan rings is 1. The van der Waals surface area contributed by atoms with E-state index in [-0.39, 0.29) is 0 Å². The zero-order valence-corrected chi connectivity index (χ0v) is 11.2. The van der Waals surface area contributed by atoms with E-state index in [1.165, 1.54) is 18.5 Å². The predicted octanol–water partition coefficient (Wildman–Crippen LogP) is 2.56. The first kappa shape index (κ1) is 12.2. The molecular formula is C15H19N3O. The lowest BCUT2D eigenvalue weighted by molar-refractivity contribution is 0.507. The highest BCUT2D eigenvalue weighted by atomic mass is 16.3. The maximum atomic E-state index is 5.37. The van der Waals surface area contributed by atoms with Crippen LogP contribution in [0.4, 0.5) is 5.69 Å². The normalized spacial score (nSPS) is 14.6. The summed E-state index contributed by atoms with van der Waals surface area (Å²) in [5, 5.41) is 3.49. The largest absolute Gasteiger partial charge is 0.467 e. The molecule has 2 aromatic heterocycles. The first-order chi connectivity index (χ1) is 9.31. The molecule has 1 N–H and O–H groups in total. The van der Waals surface area contributed by atoms with Crippen LogP contribution in [0.5, 0.6) is 0 Å². The van der Waals surface area contributed by atoms with Gasteiger partial charge in [-0.15, -0.1) is 0 Å². The Hall–Kier alpha value is -1.81. The molecule has 1 fully saturated rings. The summed E-state index contributed by atoms with van der Waals surface area (Å²) in [5.74, 6) is 0.969. The summed E-state index contributed by atoms with van der Waals surface area (Å²) in [6.45, 7) is 1.62. The van der Waals surface area contributed by atoms with Crippen LogP contribution in [0.25, 0.3) is 0 Å². The minimum Gasteiger partial charge on any atom is -0.467 e. The second-order valence-electron chi connectivity index (χ2n) is 5.10. The Balaban J connectivity index is 1.63. The Morgan fingerprint density at radius 2 is 2.32 bits per heavy atom. The first-order valence-electron chi connectivity index (χ1n) is 6.73. The number of pyridine rings is 1. The van der Waals surface area contributed by atoms with E-state index in [9.17, 15) is 0 Å². The lowest BCUT2D eigenvalue weighted by atomic mass is 10.3. The molecule has 1 aliphatic rings. The van der Waals surface area contributed by atoms with Gasteiger partial charge in [0.25, 0.3) is 0 Å². The van der Waals surface area contributed by atoms with E-state index in [0.717, 1.165) is 24.5 Å². The Kier molecular flexibility index (Phi) is 3.51. The molecule has 1 saturated carbocycles. The quantitative estimate of drug-likeness (QED) is 0.863. The number of nitrogens with one attached hydrogen (secondary N) is 1. The molecule has 0 aliphatic heterocycles. The zero-order chi connectivity index (χ0) is 13.1. The molecule has 4 heteroatoms. The standard InChI is InChI=1S/C15H19N3O/c1-18(11-15-3-2-8-19-15)14-6-7-16-13(9-14)10-17-12-4-5-12/h2-3,6-9,12,17H,4-5,10-11H2,1H3. The lowest BCUT2D eigenvalue weighted by Crippen LogP contribution is -2.18. The first-order valence-corrected chi connectivity index (χ1v) is 6.73. The Labute approximate surface area is 113 Å². The third-order valence-electron chi connectivity index (χ3n) is 3.36. The van der Waals surface area contributed by atoms with Gasteiger partial charge < -0.3 is 14.6 Å². The highest BCUT2D eigenvalue weighted by Gasteiger charge is 2.20. The zero-order valence-electron chi connectivity index (χ0n) is 11.2. The summed E-state index contributed by atoms with van der Waals surface area (Å²) in [6.07, 6.45) is 6.19. The maximum absolute atomic E-state index is 5.37. The van der Waals surface area contributed by atoms with E-state index >= 15 is 0 Å². The van der Waals surface area contributed by atoms with Crippen LogP contribution in [0.3, 0.4) is 0 Å². The Morgan fingerprint density at radius 1 is 1.42 bits per heavy atom. The molecule has 0 unspecified atom stereocenters. The van der Waals surface area contributed by atoms with Crippen LogP contribution in [-0.2, 0) is 13.1 Å². The van der Waals surface area contributed by atoms with Crippen molar-refractivity contribution in [1.29, 1.82) is 0 Å². The van der Waals surface area contributed by atoms with Gasteiger partial charge in [-0.2, -0.15) is 0 Å². The Bertz CT molecular complexity index is 520. The molecule has 0 saturated heterocycles. The molecule has 0 amide bonds. The molecule has 0 aromatic carbocycles. The Morgan fingerprint density at radius 3 is 3.05 bits per heavy atom. The molecule has 3 rings (SSSR count). The average molecular weight is 257 g/mol. The fourth-order valence-electron chi connectivity index (χ4n) is 2.06. The summed E-state index contributed by atoms with van der Waals surface area (Å²) in [4.78, 5) is 6.57. The molecule has 0 spiro atoms. The van der Waals surface area contributed by atoms with Crippen molar-refractivity contribution in [3.05, 3.63) is 48.2 Å². The van der Waals surface area contributed by atoms with Crippen molar-refractivity contribution in [2.75, 3.05) is 11.9 Å². The van der Waals surface area contributed by atoms with Crippen molar-refractivity contribution in [3.63, 3.8) is 0 Å². The molecule has 2 heterocycles. The lowest BCUT2D eigenvalue weighted by Gasteiger charge is -2.18. The van der Waals surface area contributed by atoms with Crippen LogP contribution in [0.15, 0.2) is 41.1 Å². The second-order valence-corrected chi connectivity index (χ2v) is 5.10. The van der Waals surface area contributed by atoms with Crippen molar-refractivity contribution in [3.8, 4) is 0 Å². The molecule has 1 aliphatic carbocycles. The smallest absolute Gasteiger partial charge is 0.123 e. The fraction of sp³-hybridized carbons (Fsp3) is 0.400. The topological polar surface area (TPSA) is 41.3 Å². The van der Waals surface area contributed by atoms with Crippen LogP contribution < -0.4 is 10.2 Å². The average Bonchev–Trinajstić information content (AvgIpc) is 3.13. The summed E-state index contributed by atoms with van der Waals surface area (Å²) in [5.41, 5.74) is 2.26. The van der Waals surface area contributed by atoms with Gasteiger partial charge in [-0.3, -0.25) is 4.98 Å². The number of anilines is 1. The summed E-state index contributed by atoms with van der Waals surface area (Å²) >= 11 is 0. The minimum absolute atomic E-state index is 0.714. The highest BCUT2D eigenvalue weighted by molar-refractivity contribution is 5.45. The molecule has 19 heavy (non-hydrogen) atoms. The van der Waals surface area contributed by atoms with E-state index < -0.39 is 0 Å². The van der Waals surface area contributed by atoms with Gasteiger partial charge in [0.1, 0.15) is 5.76 Å². The summed E-state index contributed by atoms with van der Waals surface area (Å²) < 4.78 is 5.37. The third kappa shape index (κ3) is 3.35. The highest BCUT2D eigenvalue weighted by Crippen LogP contribution is 2.20. The van der Waals surface area contributed by atoms with E-state index in [4.69, 9.17) is 4.42 Å². The molecule has 0 bridgehead atoms. The van der Waals surface area contributed by atoms with Crippen molar-refractivity contribution in [2.24, 2.45) is 0 Å². The van der Waals surface area contributed by atoms with Crippen molar-refractivity contribution in [1.82, 2.24) is 10.3 Å². The van der Waals surface area contributed by atoms with Crippen LogP contribution in [0, 0.1) is 0 Å². The number of rotatable bonds is 6.